The molecule has 35 heavy (non-hydrogen) atoms. The number of nitrogens with zero attached hydrogens (tertiary/aromatic N) is 2. The number of carbonyl (C=O) groups is 2. The third-order valence-corrected chi connectivity index (χ3v) is 6.43. The minimum absolute atomic E-state index is 0.130. The Kier molecular flexibility index (Phi) is 7.43. The number of likely N-dealkylation sites (N-methyl/N-ethyl adjacent to an activating group) is 1. The summed E-state index contributed by atoms with van der Waals surface area (Å²) in [6, 6.07) is 19.1. The molecule has 0 aromatic heterocycles. The number of carbonyl (C=O) groups excluding carboxylic acids is 1. The monoisotopic (exact) mass is 508 g/mol. The van der Waals surface area contributed by atoms with E-state index in [9.17, 15) is 14.7 Å². The number of benzene rings is 3. The Labute approximate surface area is 211 Å². The molecular formula is C26H21ClN2O5S. The highest BCUT2D eigenvalue weighted by Gasteiger charge is 2.30. The molecule has 0 saturated carbocycles. The highest BCUT2D eigenvalue weighted by molar-refractivity contribution is 8.18. The van der Waals surface area contributed by atoms with Crippen molar-refractivity contribution in [1.29, 1.82) is 0 Å². The van der Waals surface area contributed by atoms with E-state index in [-0.39, 0.29) is 11.5 Å². The zero-order valence-corrected chi connectivity index (χ0v) is 20.5. The van der Waals surface area contributed by atoms with Gasteiger partial charge in [-0.2, -0.15) is 0 Å². The predicted octanol–water partition coefficient (Wildman–Crippen LogP) is 5.86. The SMILES string of the molecule is COc1cc(/C=C2/SC(=Nc3cccc(C(=O)O)c3)N(C)C2=O)ccc1OCc1ccc(Cl)cc1. The van der Waals surface area contributed by atoms with Crippen molar-refractivity contribution in [3.05, 3.63) is 93.3 Å². The van der Waals surface area contributed by atoms with Gasteiger partial charge in [0.2, 0.25) is 0 Å². The summed E-state index contributed by atoms with van der Waals surface area (Å²) in [5.41, 5.74) is 2.32. The number of ether oxygens (including phenoxy) is 2. The van der Waals surface area contributed by atoms with E-state index >= 15 is 0 Å². The molecule has 1 saturated heterocycles. The second-order valence-electron chi connectivity index (χ2n) is 7.55. The van der Waals surface area contributed by atoms with Gasteiger partial charge in [-0.3, -0.25) is 9.69 Å². The van der Waals surface area contributed by atoms with Crippen LogP contribution in [0.4, 0.5) is 5.69 Å². The number of hydrogen-bond donors (Lipinski definition) is 1. The first-order valence-corrected chi connectivity index (χ1v) is 11.7. The summed E-state index contributed by atoms with van der Waals surface area (Å²) in [4.78, 5) is 30.4. The van der Waals surface area contributed by atoms with E-state index < -0.39 is 5.97 Å². The molecular weight excluding hydrogens is 488 g/mol. The largest absolute Gasteiger partial charge is 0.493 e. The molecule has 0 bridgehead atoms. The van der Waals surface area contributed by atoms with Crippen LogP contribution in [0.1, 0.15) is 21.5 Å². The van der Waals surface area contributed by atoms with E-state index in [0.29, 0.717) is 38.9 Å². The van der Waals surface area contributed by atoms with Crippen LogP contribution in [0.3, 0.4) is 0 Å². The van der Waals surface area contributed by atoms with Gasteiger partial charge in [0.1, 0.15) is 6.61 Å². The van der Waals surface area contributed by atoms with Gasteiger partial charge in [-0.1, -0.05) is 35.9 Å². The lowest BCUT2D eigenvalue weighted by molar-refractivity contribution is -0.121. The molecule has 1 aliphatic rings. The zero-order chi connectivity index (χ0) is 24.9. The van der Waals surface area contributed by atoms with Crippen LogP contribution in [0, 0.1) is 0 Å². The van der Waals surface area contributed by atoms with E-state index in [0.717, 1.165) is 11.1 Å². The number of methoxy groups -OCH3 is 1. The van der Waals surface area contributed by atoms with Gasteiger partial charge in [0.15, 0.2) is 16.7 Å². The van der Waals surface area contributed by atoms with Crippen molar-refractivity contribution in [2.75, 3.05) is 14.2 Å². The Bertz CT molecular complexity index is 1340. The van der Waals surface area contributed by atoms with Gasteiger partial charge in [-0.05, 0) is 71.4 Å². The third-order valence-electron chi connectivity index (χ3n) is 5.11. The van der Waals surface area contributed by atoms with Gasteiger partial charge in [0.05, 0.1) is 23.3 Å². The third kappa shape index (κ3) is 5.85. The summed E-state index contributed by atoms with van der Waals surface area (Å²) in [6.45, 7) is 0.357. The number of amides is 1. The fourth-order valence-corrected chi connectivity index (χ4v) is 4.37. The Morgan fingerprint density at radius 1 is 1.11 bits per heavy atom. The number of rotatable bonds is 7. The van der Waals surface area contributed by atoms with Crippen LogP contribution >= 0.6 is 23.4 Å². The number of hydrogen-bond acceptors (Lipinski definition) is 6. The molecule has 0 atom stereocenters. The maximum Gasteiger partial charge on any atom is 0.335 e. The van der Waals surface area contributed by atoms with Crippen molar-refractivity contribution in [3.63, 3.8) is 0 Å². The Morgan fingerprint density at radius 3 is 2.60 bits per heavy atom. The van der Waals surface area contributed by atoms with Crippen molar-refractivity contribution in [1.82, 2.24) is 4.90 Å². The maximum absolute atomic E-state index is 12.8. The molecule has 9 heteroatoms. The minimum atomic E-state index is -1.04. The lowest BCUT2D eigenvalue weighted by Gasteiger charge is -2.11. The molecule has 3 aromatic rings. The van der Waals surface area contributed by atoms with Crippen molar-refractivity contribution in [2.24, 2.45) is 4.99 Å². The highest BCUT2D eigenvalue weighted by atomic mass is 35.5. The summed E-state index contributed by atoms with van der Waals surface area (Å²) < 4.78 is 11.4. The van der Waals surface area contributed by atoms with Crippen molar-refractivity contribution < 1.29 is 24.2 Å². The number of aromatic carboxylic acids is 1. The van der Waals surface area contributed by atoms with E-state index in [1.165, 1.54) is 28.8 Å². The zero-order valence-electron chi connectivity index (χ0n) is 18.9. The normalized spacial score (nSPS) is 15.6. The van der Waals surface area contributed by atoms with Gasteiger partial charge in [0.25, 0.3) is 5.91 Å². The van der Waals surface area contributed by atoms with Crippen LogP contribution in [0.2, 0.25) is 5.02 Å². The quantitative estimate of drug-likeness (QED) is 0.402. The van der Waals surface area contributed by atoms with E-state index in [4.69, 9.17) is 21.1 Å². The van der Waals surface area contributed by atoms with Crippen molar-refractivity contribution >= 4 is 52.2 Å². The van der Waals surface area contributed by atoms with Crippen LogP contribution in [-0.2, 0) is 11.4 Å². The lowest BCUT2D eigenvalue weighted by atomic mass is 10.2. The van der Waals surface area contributed by atoms with Gasteiger partial charge in [0, 0.05) is 12.1 Å². The van der Waals surface area contributed by atoms with E-state index in [1.807, 2.05) is 18.2 Å². The molecule has 7 nitrogen and oxygen atoms in total. The molecule has 0 aliphatic carbocycles. The Balaban J connectivity index is 1.52. The Morgan fingerprint density at radius 2 is 1.89 bits per heavy atom. The number of thioether (sulfide) groups is 1. The van der Waals surface area contributed by atoms with E-state index in [1.54, 1.807) is 56.6 Å². The van der Waals surface area contributed by atoms with Gasteiger partial charge >= 0.3 is 5.97 Å². The van der Waals surface area contributed by atoms with Crippen LogP contribution in [0.25, 0.3) is 6.08 Å². The number of carboxylic acid groups (broad SMARTS) is 1. The molecule has 1 fully saturated rings. The summed E-state index contributed by atoms with van der Waals surface area (Å²) in [5, 5.41) is 10.3. The van der Waals surface area contributed by atoms with Gasteiger partial charge in [-0.15, -0.1) is 0 Å². The van der Waals surface area contributed by atoms with Gasteiger partial charge < -0.3 is 14.6 Å². The van der Waals surface area contributed by atoms with Crippen molar-refractivity contribution in [3.8, 4) is 11.5 Å². The van der Waals surface area contributed by atoms with Crippen molar-refractivity contribution in [2.45, 2.75) is 6.61 Å². The molecule has 1 heterocycles. The number of aliphatic imine (C=N–C) groups is 1. The van der Waals surface area contributed by atoms with Crippen LogP contribution in [0.5, 0.6) is 11.5 Å². The summed E-state index contributed by atoms with van der Waals surface area (Å²) in [7, 11) is 3.19. The lowest BCUT2D eigenvalue weighted by Crippen LogP contribution is -2.23. The molecule has 0 spiro atoms. The van der Waals surface area contributed by atoms with Crippen LogP contribution in [-0.4, -0.2) is 41.2 Å². The molecule has 178 valence electrons. The predicted molar refractivity (Wildman–Crippen MR) is 138 cm³/mol. The first kappa shape index (κ1) is 24.4. The Hall–Kier alpha value is -3.75. The average Bonchev–Trinajstić information content (AvgIpc) is 3.11. The standard InChI is InChI=1S/C26H21ClN2O5S/c1-29-24(30)23(35-26(29)28-20-5-3-4-18(14-20)25(31)32)13-17-8-11-21(22(12-17)33-2)34-15-16-6-9-19(27)10-7-16/h3-14H,15H2,1-2H3,(H,31,32)/b23-13+,28-26?. The molecule has 0 unspecified atom stereocenters. The molecule has 4 rings (SSSR count). The summed E-state index contributed by atoms with van der Waals surface area (Å²) >= 11 is 7.14. The molecule has 1 amide bonds. The number of amidine groups is 1. The smallest absolute Gasteiger partial charge is 0.335 e. The topological polar surface area (TPSA) is 88.4 Å². The van der Waals surface area contributed by atoms with Crippen LogP contribution < -0.4 is 9.47 Å². The number of halogens is 1. The van der Waals surface area contributed by atoms with E-state index in [2.05, 4.69) is 4.99 Å². The minimum Gasteiger partial charge on any atom is -0.493 e. The molecule has 3 aromatic carbocycles. The summed E-state index contributed by atoms with van der Waals surface area (Å²) in [6.07, 6.45) is 1.76. The summed E-state index contributed by atoms with van der Waals surface area (Å²) in [5.74, 6) is -0.125. The second kappa shape index (κ2) is 10.7. The van der Waals surface area contributed by atoms with Crippen LogP contribution in [0.15, 0.2) is 76.6 Å². The average molecular weight is 509 g/mol. The highest BCUT2D eigenvalue weighted by Crippen LogP contribution is 2.35. The van der Waals surface area contributed by atoms with Gasteiger partial charge in [-0.25, -0.2) is 9.79 Å². The second-order valence-corrected chi connectivity index (χ2v) is 9.00. The molecule has 1 N–H and O–H groups in total. The fourth-order valence-electron chi connectivity index (χ4n) is 3.26. The molecule has 0 radical (unpaired) electrons. The maximum atomic E-state index is 12.8. The first-order chi connectivity index (χ1) is 16.8. The first-order valence-electron chi connectivity index (χ1n) is 10.5. The number of carboxylic acids is 1. The fraction of sp³-hybridized carbons (Fsp3) is 0.115. The molecule has 1 aliphatic heterocycles.